The molecule has 2 aromatic rings. The van der Waals surface area contributed by atoms with Gasteiger partial charge in [0.25, 0.3) is 0 Å². The Hall–Kier alpha value is -1.06. The van der Waals surface area contributed by atoms with Crippen LogP contribution in [0, 0.1) is 0 Å². The van der Waals surface area contributed by atoms with E-state index in [0.29, 0.717) is 16.7 Å². The Morgan fingerprint density at radius 3 is 2.35 bits per heavy atom. The smallest absolute Gasteiger partial charge is 0.0978 e. The first-order chi connectivity index (χ1) is 9.56. The molecule has 2 aromatic carbocycles. The van der Waals surface area contributed by atoms with Gasteiger partial charge in [0.2, 0.25) is 0 Å². The first-order valence-electron chi connectivity index (χ1n) is 6.43. The van der Waals surface area contributed by atoms with Crippen molar-refractivity contribution in [2.45, 2.75) is 25.7 Å². The molecule has 0 bridgehead atoms. The largest absolute Gasteiger partial charge is 0.367 e. The molecule has 2 nitrogen and oxygen atoms in total. The number of halogens is 2. The van der Waals surface area contributed by atoms with Crippen molar-refractivity contribution < 1.29 is 4.74 Å². The lowest BCUT2D eigenvalue weighted by atomic mass is 10.0. The van der Waals surface area contributed by atoms with Crippen LogP contribution in [0.15, 0.2) is 48.5 Å². The predicted octanol–water partition coefficient (Wildman–Crippen LogP) is 4.60. The maximum atomic E-state index is 6.02. The molecule has 2 unspecified atom stereocenters. The Morgan fingerprint density at radius 2 is 1.75 bits per heavy atom. The van der Waals surface area contributed by atoms with Crippen molar-refractivity contribution in [2.24, 2.45) is 5.73 Å². The molecule has 0 aliphatic heterocycles. The molecule has 0 saturated carbocycles. The second-order valence-electron chi connectivity index (χ2n) is 4.77. The van der Waals surface area contributed by atoms with E-state index in [1.54, 1.807) is 0 Å². The molecule has 0 aliphatic rings. The van der Waals surface area contributed by atoms with E-state index >= 15 is 0 Å². The van der Waals surface area contributed by atoms with Crippen LogP contribution >= 0.6 is 23.2 Å². The lowest BCUT2D eigenvalue weighted by molar-refractivity contribution is 0.0259. The summed E-state index contributed by atoms with van der Waals surface area (Å²) in [6, 6.07) is 15.1. The fraction of sp³-hybridized carbons (Fsp3) is 0.250. The highest BCUT2D eigenvalue weighted by atomic mass is 35.5. The fourth-order valence-corrected chi connectivity index (χ4v) is 2.33. The van der Waals surface area contributed by atoms with E-state index < -0.39 is 0 Å². The Labute approximate surface area is 129 Å². The summed E-state index contributed by atoms with van der Waals surface area (Å²) in [5.74, 6) is 0. The molecule has 0 aromatic heterocycles. The third kappa shape index (κ3) is 4.22. The molecular weight excluding hydrogens is 293 g/mol. The maximum absolute atomic E-state index is 6.02. The maximum Gasteiger partial charge on any atom is 0.0978 e. The van der Waals surface area contributed by atoms with Gasteiger partial charge in [-0.2, -0.15) is 0 Å². The van der Waals surface area contributed by atoms with Gasteiger partial charge in [0.05, 0.1) is 12.7 Å². The van der Waals surface area contributed by atoms with E-state index in [1.165, 1.54) is 0 Å². The van der Waals surface area contributed by atoms with Gasteiger partial charge in [-0.1, -0.05) is 47.5 Å². The van der Waals surface area contributed by atoms with Gasteiger partial charge < -0.3 is 10.5 Å². The molecular formula is C16H17Cl2NO. The molecule has 0 aliphatic carbocycles. The van der Waals surface area contributed by atoms with Crippen LogP contribution in [-0.4, -0.2) is 6.04 Å². The van der Waals surface area contributed by atoms with Crippen molar-refractivity contribution in [3.63, 3.8) is 0 Å². The van der Waals surface area contributed by atoms with Crippen LogP contribution in [0.4, 0.5) is 0 Å². The van der Waals surface area contributed by atoms with Crippen molar-refractivity contribution in [1.29, 1.82) is 0 Å². The minimum atomic E-state index is -0.190. The lowest BCUT2D eigenvalue weighted by Crippen LogP contribution is -2.26. The SMILES string of the molecule is CC(N)C(OCc1ccc(Cl)cc1)c1cccc(Cl)c1. The molecule has 2 rings (SSSR count). The lowest BCUT2D eigenvalue weighted by Gasteiger charge is -2.22. The zero-order chi connectivity index (χ0) is 14.5. The summed E-state index contributed by atoms with van der Waals surface area (Å²) in [5.41, 5.74) is 8.06. The monoisotopic (exact) mass is 309 g/mol. The summed E-state index contributed by atoms with van der Waals surface area (Å²) < 4.78 is 5.94. The van der Waals surface area contributed by atoms with E-state index in [4.69, 9.17) is 33.7 Å². The van der Waals surface area contributed by atoms with Crippen molar-refractivity contribution in [1.82, 2.24) is 0 Å². The standard InChI is InChI=1S/C16H17Cl2NO/c1-11(19)16(13-3-2-4-15(18)9-13)20-10-12-5-7-14(17)8-6-12/h2-9,11,16H,10,19H2,1H3. The van der Waals surface area contributed by atoms with Crippen LogP contribution in [-0.2, 0) is 11.3 Å². The van der Waals surface area contributed by atoms with Crippen LogP contribution in [0.3, 0.4) is 0 Å². The summed E-state index contributed by atoms with van der Waals surface area (Å²) >= 11 is 11.9. The number of hydrogen-bond donors (Lipinski definition) is 1. The Kier molecular flexibility index (Phi) is 5.44. The molecule has 20 heavy (non-hydrogen) atoms. The van der Waals surface area contributed by atoms with Crippen LogP contribution in [0.5, 0.6) is 0 Å². The average molecular weight is 310 g/mol. The fourth-order valence-electron chi connectivity index (χ4n) is 2.00. The topological polar surface area (TPSA) is 35.2 Å². The van der Waals surface area contributed by atoms with Gasteiger partial charge in [0, 0.05) is 16.1 Å². The van der Waals surface area contributed by atoms with Gasteiger partial charge in [0.1, 0.15) is 0 Å². The normalized spacial score (nSPS) is 14.0. The number of benzene rings is 2. The van der Waals surface area contributed by atoms with Crippen molar-refractivity contribution in [3.8, 4) is 0 Å². The highest BCUT2D eigenvalue weighted by molar-refractivity contribution is 6.30. The van der Waals surface area contributed by atoms with Crippen LogP contribution in [0.2, 0.25) is 10.0 Å². The first kappa shape index (κ1) is 15.3. The van der Waals surface area contributed by atoms with Gasteiger partial charge in [-0.3, -0.25) is 0 Å². The highest BCUT2D eigenvalue weighted by Crippen LogP contribution is 2.24. The van der Waals surface area contributed by atoms with Gasteiger partial charge in [-0.25, -0.2) is 0 Å². The summed E-state index contributed by atoms with van der Waals surface area (Å²) in [6.45, 7) is 2.41. The molecule has 0 radical (unpaired) electrons. The van der Waals surface area contributed by atoms with Crippen molar-refractivity contribution >= 4 is 23.2 Å². The third-order valence-corrected chi connectivity index (χ3v) is 3.48. The molecule has 0 fully saturated rings. The van der Waals surface area contributed by atoms with Crippen LogP contribution in [0.1, 0.15) is 24.2 Å². The average Bonchev–Trinajstić information content (AvgIpc) is 2.41. The first-order valence-corrected chi connectivity index (χ1v) is 7.19. The van der Waals surface area contributed by atoms with E-state index in [1.807, 2.05) is 55.5 Å². The number of rotatable bonds is 5. The molecule has 0 heterocycles. The second kappa shape index (κ2) is 7.09. The zero-order valence-corrected chi connectivity index (χ0v) is 12.7. The second-order valence-corrected chi connectivity index (χ2v) is 5.65. The molecule has 0 spiro atoms. The summed E-state index contributed by atoms with van der Waals surface area (Å²) in [5, 5.41) is 1.40. The van der Waals surface area contributed by atoms with Gasteiger partial charge >= 0.3 is 0 Å². The van der Waals surface area contributed by atoms with E-state index in [9.17, 15) is 0 Å². The minimum absolute atomic E-state index is 0.124. The summed E-state index contributed by atoms with van der Waals surface area (Å²) in [4.78, 5) is 0. The Balaban J connectivity index is 2.08. The van der Waals surface area contributed by atoms with E-state index in [2.05, 4.69) is 0 Å². The molecule has 2 atom stereocenters. The van der Waals surface area contributed by atoms with Crippen molar-refractivity contribution in [2.75, 3.05) is 0 Å². The quantitative estimate of drug-likeness (QED) is 0.876. The number of nitrogens with two attached hydrogens (primary N) is 1. The molecule has 2 N–H and O–H groups in total. The molecule has 106 valence electrons. The summed E-state index contributed by atoms with van der Waals surface area (Å²) in [7, 11) is 0. The van der Waals surface area contributed by atoms with Crippen molar-refractivity contribution in [3.05, 3.63) is 69.7 Å². The number of hydrogen-bond acceptors (Lipinski definition) is 2. The Morgan fingerprint density at radius 1 is 1.05 bits per heavy atom. The minimum Gasteiger partial charge on any atom is -0.367 e. The van der Waals surface area contributed by atoms with Crippen LogP contribution in [0.25, 0.3) is 0 Å². The number of ether oxygens (including phenoxy) is 1. The zero-order valence-electron chi connectivity index (χ0n) is 11.2. The van der Waals surface area contributed by atoms with Gasteiger partial charge in [-0.15, -0.1) is 0 Å². The molecule has 0 amide bonds. The molecule has 0 saturated heterocycles. The summed E-state index contributed by atoms with van der Waals surface area (Å²) in [6.07, 6.45) is -0.190. The third-order valence-electron chi connectivity index (χ3n) is 3.00. The Bertz CT molecular complexity index is 555. The van der Waals surface area contributed by atoms with E-state index in [-0.39, 0.29) is 12.1 Å². The van der Waals surface area contributed by atoms with E-state index in [0.717, 1.165) is 11.1 Å². The van der Waals surface area contributed by atoms with Crippen LogP contribution < -0.4 is 5.73 Å². The van der Waals surface area contributed by atoms with Gasteiger partial charge in [0.15, 0.2) is 0 Å². The highest BCUT2D eigenvalue weighted by Gasteiger charge is 2.17. The molecule has 4 heteroatoms. The van der Waals surface area contributed by atoms with Gasteiger partial charge in [-0.05, 0) is 42.3 Å². The predicted molar refractivity (Wildman–Crippen MR) is 84.1 cm³/mol.